The molecule has 1 aromatic rings. The van der Waals surface area contributed by atoms with E-state index in [9.17, 15) is 0 Å². The summed E-state index contributed by atoms with van der Waals surface area (Å²) in [5, 5.41) is 7.97. The number of thiophene rings is 1. The van der Waals surface area contributed by atoms with Crippen LogP contribution in [0.25, 0.3) is 0 Å². The van der Waals surface area contributed by atoms with Crippen LogP contribution in [-0.4, -0.2) is 25.7 Å². The lowest BCUT2D eigenvalue weighted by Gasteiger charge is -2.36. The summed E-state index contributed by atoms with van der Waals surface area (Å²) in [6, 6.07) is 2.86. The van der Waals surface area contributed by atoms with E-state index in [1.54, 1.807) is 11.3 Å². The third-order valence-corrected chi connectivity index (χ3v) is 3.55. The maximum atomic E-state index is 3.57. The number of anilines is 1. The molecule has 0 radical (unpaired) electrons. The molecule has 2 nitrogen and oxygen atoms in total. The average Bonchev–Trinajstić information content (AvgIpc) is 2.71. The molecule has 1 aliphatic rings. The second-order valence-corrected chi connectivity index (χ2v) is 5.01. The second-order valence-electron chi connectivity index (χ2n) is 4.23. The summed E-state index contributed by atoms with van der Waals surface area (Å²) in [6.07, 6.45) is 0. The highest BCUT2D eigenvalue weighted by molar-refractivity contribution is 7.08. The number of nitrogens with zero attached hydrogens (tertiary/aromatic N) is 1. The summed E-state index contributed by atoms with van der Waals surface area (Å²) >= 11 is 1.78. The van der Waals surface area contributed by atoms with Crippen LogP contribution < -0.4 is 10.2 Å². The molecule has 0 spiro atoms. The first-order chi connectivity index (χ1) is 6.77. The Balaban J connectivity index is 2.01. The summed E-state index contributed by atoms with van der Waals surface area (Å²) in [4.78, 5) is 2.48. The van der Waals surface area contributed by atoms with E-state index < -0.39 is 0 Å². The summed E-state index contributed by atoms with van der Waals surface area (Å²) in [6.45, 7) is 7.97. The van der Waals surface area contributed by atoms with Crippen molar-refractivity contribution in [3.05, 3.63) is 16.8 Å². The van der Waals surface area contributed by atoms with Gasteiger partial charge in [0.2, 0.25) is 0 Å². The molecule has 1 aliphatic heterocycles. The lowest BCUT2D eigenvalue weighted by Crippen LogP contribution is -2.52. The third kappa shape index (κ3) is 2.10. The molecule has 14 heavy (non-hydrogen) atoms. The van der Waals surface area contributed by atoms with Crippen LogP contribution in [0.1, 0.15) is 13.8 Å². The van der Waals surface area contributed by atoms with Crippen LogP contribution in [0.3, 0.4) is 0 Å². The molecule has 1 saturated heterocycles. The van der Waals surface area contributed by atoms with Crippen LogP contribution in [-0.2, 0) is 0 Å². The van der Waals surface area contributed by atoms with Gasteiger partial charge in [-0.25, -0.2) is 0 Å². The van der Waals surface area contributed by atoms with E-state index in [2.05, 4.69) is 40.9 Å². The minimum Gasteiger partial charge on any atom is -0.368 e. The largest absolute Gasteiger partial charge is 0.368 e. The standard InChI is InChI=1S/C11H18N2S/c1-9(2)11-7-13(5-4-12-11)10-3-6-14-8-10/h3,6,8-9,11-12H,4-5,7H2,1-2H3. The van der Waals surface area contributed by atoms with E-state index >= 15 is 0 Å². The van der Waals surface area contributed by atoms with E-state index in [1.807, 2.05) is 0 Å². The predicted molar refractivity (Wildman–Crippen MR) is 63.2 cm³/mol. The molecule has 78 valence electrons. The minimum atomic E-state index is 0.642. The van der Waals surface area contributed by atoms with Gasteiger partial charge in [-0.1, -0.05) is 13.8 Å². The van der Waals surface area contributed by atoms with Crippen molar-refractivity contribution in [1.82, 2.24) is 5.32 Å². The smallest absolute Gasteiger partial charge is 0.0475 e. The zero-order valence-electron chi connectivity index (χ0n) is 8.86. The molecule has 3 heteroatoms. The van der Waals surface area contributed by atoms with Crippen molar-refractivity contribution in [3.63, 3.8) is 0 Å². The Morgan fingerprint density at radius 2 is 2.43 bits per heavy atom. The molecule has 2 rings (SSSR count). The molecule has 0 amide bonds. The fourth-order valence-electron chi connectivity index (χ4n) is 1.90. The monoisotopic (exact) mass is 210 g/mol. The first-order valence-electron chi connectivity index (χ1n) is 5.28. The molecule has 0 bridgehead atoms. The Morgan fingerprint density at radius 3 is 3.07 bits per heavy atom. The van der Waals surface area contributed by atoms with Gasteiger partial charge in [-0.3, -0.25) is 0 Å². The van der Waals surface area contributed by atoms with Gasteiger partial charge in [-0.2, -0.15) is 11.3 Å². The van der Waals surface area contributed by atoms with Gasteiger partial charge in [0.15, 0.2) is 0 Å². The van der Waals surface area contributed by atoms with Gasteiger partial charge in [-0.15, -0.1) is 0 Å². The van der Waals surface area contributed by atoms with E-state index in [-0.39, 0.29) is 0 Å². The van der Waals surface area contributed by atoms with Crippen LogP contribution in [0.4, 0.5) is 5.69 Å². The molecular formula is C11H18N2S. The topological polar surface area (TPSA) is 15.3 Å². The highest BCUT2D eigenvalue weighted by atomic mass is 32.1. The van der Waals surface area contributed by atoms with Crippen LogP contribution >= 0.6 is 11.3 Å². The van der Waals surface area contributed by atoms with Crippen molar-refractivity contribution in [1.29, 1.82) is 0 Å². The predicted octanol–water partition coefficient (Wildman–Crippen LogP) is 2.18. The summed E-state index contributed by atoms with van der Waals surface area (Å²) in [5.74, 6) is 0.719. The zero-order chi connectivity index (χ0) is 9.97. The first kappa shape index (κ1) is 9.99. The number of rotatable bonds is 2. The fraction of sp³-hybridized carbons (Fsp3) is 0.636. The highest BCUT2D eigenvalue weighted by Gasteiger charge is 2.21. The Hall–Kier alpha value is -0.540. The van der Waals surface area contributed by atoms with Crippen molar-refractivity contribution in [2.24, 2.45) is 5.92 Å². The first-order valence-corrected chi connectivity index (χ1v) is 6.22. The molecule has 0 aromatic carbocycles. The molecule has 1 fully saturated rings. The molecule has 1 unspecified atom stereocenters. The maximum absolute atomic E-state index is 3.57. The molecule has 1 N–H and O–H groups in total. The van der Waals surface area contributed by atoms with Crippen molar-refractivity contribution in [2.75, 3.05) is 24.5 Å². The van der Waals surface area contributed by atoms with Crippen molar-refractivity contribution in [3.8, 4) is 0 Å². The molecule has 1 aromatic heterocycles. The van der Waals surface area contributed by atoms with Gasteiger partial charge in [0, 0.05) is 36.7 Å². The average molecular weight is 210 g/mol. The van der Waals surface area contributed by atoms with Crippen LogP contribution in [0.2, 0.25) is 0 Å². The molecular weight excluding hydrogens is 192 g/mol. The SMILES string of the molecule is CC(C)C1CN(c2ccsc2)CCN1. The molecule has 1 atom stereocenters. The maximum Gasteiger partial charge on any atom is 0.0475 e. The summed E-state index contributed by atoms with van der Waals surface area (Å²) < 4.78 is 0. The van der Waals surface area contributed by atoms with Gasteiger partial charge in [0.05, 0.1) is 0 Å². The van der Waals surface area contributed by atoms with Crippen LogP contribution in [0.15, 0.2) is 16.8 Å². The van der Waals surface area contributed by atoms with Crippen molar-refractivity contribution < 1.29 is 0 Å². The number of nitrogens with one attached hydrogen (secondary N) is 1. The summed E-state index contributed by atoms with van der Waals surface area (Å²) in [5.41, 5.74) is 1.39. The van der Waals surface area contributed by atoms with Gasteiger partial charge < -0.3 is 10.2 Å². The summed E-state index contributed by atoms with van der Waals surface area (Å²) in [7, 11) is 0. The third-order valence-electron chi connectivity index (χ3n) is 2.88. The van der Waals surface area contributed by atoms with E-state index in [4.69, 9.17) is 0 Å². The van der Waals surface area contributed by atoms with E-state index in [0.29, 0.717) is 6.04 Å². The van der Waals surface area contributed by atoms with Crippen LogP contribution in [0.5, 0.6) is 0 Å². The Labute approximate surface area is 89.9 Å². The zero-order valence-corrected chi connectivity index (χ0v) is 9.68. The number of piperazine rings is 1. The number of hydrogen-bond acceptors (Lipinski definition) is 3. The molecule has 2 heterocycles. The van der Waals surface area contributed by atoms with Crippen molar-refractivity contribution in [2.45, 2.75) is 19.9 Å². The normalized spacial score (nSPS) is 23.1. The van der Waals surface area contributed by atoms with Gasteiger partial charge in [0.25, 0.3) is 0 Å². The molecule has 0 aliphatic carbocycles. The fourth-order valence-corrected chi connectivity index (χ4v) is 2.56. The van der Waals surface area contributed by atoms with Gasteiger partial charge in [-0.05, 0) is 17.4 Å². The Kier molecular flexibility index (Phi) is 3.08. The minimum absolute atomic E-state index is 0.642. The lowest BCUT2D eigenvalue weighted by atomic mass is 10.0. The quantitative estimate of drug-likeness (QED) is 0.805. The van der Waals surface area contributed by atoms with Crippen molar-refractivity contribution >= 4 is 17.0 Å². The molecule has 0 saturated carbocycles. The second kappa shape index (κ2) is 4.32. The van der Waals surface area contributed by atoms with Gasteiger partial charge in [0.1, 0.15) is 0 Å². The van der Waals surface area contributed by atoms with E-state index in [1.165, 1.54) is 5.69 Å². The Bertz CT molecular complexity index is 269. The number of hydrogen-bond donors (Lipinski definition) is 1. The van der Waals surface area contributed by atoms with Crippen LogP contribution in [0, 0.1) is 5.92 Å². The van der Waals surface area contributed by atoms with Gasteiger partial charge >= 0.3 is 0 Å². The lowest BCUT2D eigenvalue weighted by molar-refractivity contribution is 0.368. The highest BCUT2D eigenvalue weighted by Crippen LogP contribution is 2.20. The van der Waals surface area contributed by atoms with E-state index in [0.717, 1.165) is 25.6 Å². The Morgan fingerprint density at radius 1 is 1.57 bits per heavy atom.